The molecule has 1 N–H and O–H groups in total. The molecule has 0 saturated carbocycles. The zero-order valence-corrected chi connectivity index (χ0v) is 12.5. The highest BCUT2D eigenvalue weighted by Gasteiger charge is 2.14. The number of nitrogens with one attached hydrogen (secondary N) is 1. The van der Waals surface area contributed by atoms with Crippen LogP contribution in [0.1, 0.15) is 16.1 Å². The van der Waals surface area contributed by atoms with Crippen LogP contribution in [-0.2, 0) is 0 Å². The molecule has 0 radical (unpaired) electrons. The maximum Gasteiger partial charge on any atom is 0.279 e. The lowest BCUT2D eigenvalue weighted by Crippen LogP contribution is -2.16. The summed E-state index contributed by atoms with van der Waals surface area (Å²) in [5, 5.41) is 2.61. The van der Waals surface area contributed by atoms with Crippen LogP contribution in [0.5, 0.6) is 0 Å². The predicted octanol–water partition coefficient (Wildman–Crippen LogP) is 3.84. The second kappa shape index (κ2) is 6.36. The lowest BCUT2D eigenvalue weighted by molar-refractivity contribution is 0.101. The molecule has 0 aliphatic rings. The maximum absolute atomic E-state index is 13.4. The minimum absolute atomic E-state index is 0.324. The third-order valence-corrected chi connectivity index (χ3v) is 3.47. The van der Waals surface area contributed by atoms with Crippen molar-refractivity contribution in [2.75, 3.05) is 5.32 Å². The molecule has 0 bridgehead atoms. The second-order valence-corrected chi connectivity index (χ2v) is 5.04. The molecular weight excluding hydrogens is 293 g/mol. The van der Waals surface area contributed by atoms with Crippen molar-refractivity contribution in [3.8, 4) is 11.1 Å². The lowest BCUT2D eigenvalue weighted by Gasteiger charge is -2.08. The van der Waals surface area contributed by atoms with Crippen LogP contribution in [-0.4, -0.2) is 15.9 Å². The van der Waals surface area contributed by atoms with Crippen molar-refractivity contribution in [3.05, 3.63) is 78.1 Å². The summed E-state index contributed by atoms with van der Waals surface area (Å²) in [6.45, 7) is 2.04. The molecule has 5 heteroatoms. The number of carbonyl (C=O) groups is 1. The fourth-order valence-corrected chi connectivity index (χ4v) is 2.29. The van der Waals surface area contributed by atoms with Crippen LogP contribution in [0.15, 0.2) is 60.9 Å². The first-order chi connectivity index (χ1) is 11.1. The maximum atomic E-state index is 13.4. The smallest absolute Gasteiger partial charge is 0.279 e. The Morgan fingerprint density at radius 2 is 1.70 bits per heavy atom. The van der Waals surface area contributed by atoms with E-state index in [1.807, 2.05) is 43.3 Å². The summed E-state index contributed by atoms with van der Waals surface area (Å²) >= 11 is 0. The minimum atomic E-state index is -0.887. The topological polar surface area (TPSA) is 54.9 Å². The number of hydrogen-bond acceptors (Lipinski definition) is 3. The first-order valence-electron chi connectivity index (χ1n) is 7.09. The summed E-state index contributed by atoms with van der Waals surface area (Å²) in [5.41, 5.74) is 3.59. The lowest BCUT2D eigenvalue weighted by atomic mass is 10.0. The highest BCUT2D eigenvalue weighted by molar-refractivity contribution is 6.02. The standard InChI is InChI=1S/C18H14FN3O/c1-12-4-2-3-5-15(12)13-6-8-14(9-7-13)22-18(23)16-17(19)21-11-10-20-16/h2-11H,1H3,(H,22,23). The number of anilines is 1. The van der Waals surface area contributed by atoms with Gasteiger partial charge in [0.05, 0.1) is 0 Å². The van der Waals surface area contributed by atoms with E-state index in [9.17, 15) is 9.18 Å². The summed E-state index contributed by atoms with van der Waals surface area (Å²) < 4.78 is 13.4. The SMILES string of the molecule is Cc1ccccc1-c1ccc(NC(=O)c2nccnc2F)cc1. The van der Waals surface area contributed by atoms with Gasteiger partial charge < -0.3 is 5.32 Å². The van der Waals surface area contributed by atoms with E-state index in [1.54, 1.807) is 12.1 Å². The van der Waals surface area contributed by atoms with E-state index in [-0.39, 0.29) is 5.69 Å². The molecule has 2 aromatic carbocycles. The second-order valence-electron chi connectivity index (χ2n) is 5.04. The van der Waals surface area contributed by atoms with Crippen molar-refractivity contribution < 1.29 is 9.18 Å². The van der Waals surface area contributed by atoms with Gasteiger partial charge >= 0.3 is 0 Å². The average Bonchev–Trinajstić information content (AvgIpc) is 2.56. The van der Waals surface area contributed by atoms with E-state index in [1.165, 1.54) is 18.0 Å². The Morgan fingerprint density at radius 3 is 2.39 bits per heavy atom. The first kappa shape index (κ1) is 14.8. The van der Waals surface area contributed by atoms with Gasteiger partial charge in [-0.2, -0.15) is 4.39 Å². The van der Waals surface area contributed by atoms with Crippen molar-refractivity contribution in [2.45, 2.75) is 6.92 Å². The highest BCUT2D eigenvalue weighted by Crippen LogP contribution is 2.24. The molecule has 3 aromatic rings. The normalized spacial score (nSPS) is 10.3. The molecule has 0 aliphatic carbocycles. The van der Waals surface area contributed by atoms with E-state index in [4.69, 9.17) is 0 Å². The molecule has 0 unspecified atom stereocenters. The van der Waals surface area contributed by atoms with E-state index < -0.39 is 11.9 Å². The van der Waals surface area contributed by atoms with Gasteiger partial charge in [-0.3, -0.25) is 4.79 Å². The van der Waals surface area contributed by atoms with Crippen LogP contribution < -0.4 is 5.32 Å². The fourth-order valence-electron chi connectivity index (χ4n) is 2.29. The molecular formula is C18H14FN3O. The Labute approximate surface area is 133 Å². The van der Waals surface area contributed by atoms with E-state index in [0.717, 1.165) is 11.1 Å². The Hall–Kier alpha value is -3.08. The zero-order chi connectivity index (χ0) is 16.2. The molecule has 1 aromatic heterocycles. The molecule has 114 valence electrons. The first-order valence-corrected chi connectivity index (χ1v) is 7.09. The summed E-state index contributed by atoms with van der Waals surface area (Å²) in [6, 6.07) is 15.4. The van der Waals surface area contributed by atoms with Gasteiger partial charge in [-0.25, -0.2) is 9.97 Å². The minimum Gasteiger partial charge on any atom is -0.321 e. The molecule has 0 fully saturated rings. The van der Waals surface area contributed by atoms with Gasteiger partial charge in [-0.1, -0.05) is 36.4 Å². The number of nitrogens with zero attached hydrogens (tertiary/aromatic N) is 2. The largest absolute Gasteiger partial charge is 0.321 e. The zero-order valence-electron chi connectivity index (χ0n) is 12.5. The third kappa shape index (κ3) is 3.23. The summed E-state index contributed by atoms with van der Waals surface area (Å²) in [6.07, 6.45) is 2.47. The fraction of sp³-hybridized carbons (Fsp3) is 0.0556. The van der Waals surface area contributed by atoms with E-state index in [2.05, 4.69) is 15.3 Å². The molecule has 0 aliphatic heterocycles. The molecule has 4 nitrogen and oxygen atoms in total. The van der Waals surface area contributed by atoms with Crippen LogP contribution in [0.3, 0.4) is 0 Å². The predicted molar refractivity (Wildman–Crippen MR) is 86.6 cm³/mol. The van der Waals surface area contributed by atoms with Gasteiger partial charge in [0.15, 0.2) is 5.69 Å². The number of rotatable bonds is 3. The Bertz CT molecular complexity index is 847. The van der Waals surface area contributed by atoms with Crippen molar-refractivity contribution in [2.24, 2.45) is 0 Å². The molecule has 0 atom stereocenters. The van der Waals surface area contributed by atoms with E-state index >= 15 is 0 Å². The van der Waals surface area contributed by atoms with Crippen LogP contribution >= 0.6 is 0 Å². The van der Waals surface area contributed by atoms with Crippen LogP contribution in [0.25, 0.3) is 11.1 Å². The quantitative estimate of drug-likeness (QED) is 0.799. The molecule has 0 saturated heterocycles. The average molecular weight is 307 g/mol. The third-order valence-electron chi connectivity index (χ3n) is 3.47. The Morgan fingerprint density at radius 1 is 1.00 bits per heavy atom. The van der Waals surface area contributed by atoms with Gasteiger partial charge in [0.2, 0.25) is 5.95 Å². The summed E-state index contributed by atoms with van der Waals surface area (Å²) in [4.78, 5) is 19.1. The van der Waals surface area contributed by atoms with E-state index in [0.29, 0.717) is 5.69 Å². The van der Waals surface area contributed by atoms with Gasteiger partial charge in [0.1, 0.15) is 0 Å². The Balaban J connectivity index is 1.80. The number of aryl methyl sites for hydroxylation is 1. The van der Waals surface area contributed by atoms with Gasteiger partial charge in [-0.05, 0) is 35.7 Å². The molecule has 1 amide bonds. The number of benzene rings is 2. The molecule has 3 rings (SSSR count). The van der Waals surface area contributed by atoms with Gasteiger partial charge in [0.25, 0.3) is 5.91 Å². The van der Waals surface area contributed by atoms with Crippen LogP contribution in [0.2, 0.25) is 0 Å². The van der Waals surface area contributed by atoms with Crippen LogP contribution in [0.4, 0.5) is 10.1 Å². The molecule has 1 heterocycles. The summed E-state index contributed by atoms with van der Waals surface area (Å²) in [7, 11) is 0. The van der Waals surface area contributed by atoms with Crippen molar-refractivity contribution >= 4 is 11.6 Å². The Kier molecular flexibility index (Phi) is 4.10. The summed E-state index contributed by atoms with van der Waals surface area (Å²) in [5.74, 6) is -1.51. The number of aromatic nitrogens is 2. The van der Waals surface area contributed by atoms with Crippen molar-refractivity contribution in [1.82, 2.24) is 9.97 Å². The molecule has 0 spiro atoms. The van der Waals surface area contributed by atoms with Gasteiger partial charge in [0, 0.05) is 18.1 Å². The van der Waals surface area contributed by atoms with Crippen molar-refractivity contribution in [1.29, 1.82) is 0 Å². The number of amides is 1. The molecule has 23 heavy (non-hydrogen) atoms. The number of hydrogen-bond donors (Lipinski definition) is 1. The monoisotopic (exact) mass is 307 g/mol. The number of halogens is 1. The highest BCUT2D eigenvalue weighted by atomic mass is 19.1. The number of carbonyl (C=O) groups excluding carboxylic acids is 1. The van der Waals surface area contributed by atoms with Crippen LogP contribution in [0, 0.1) is 12.9 Å². The van der Waals surface area contributed by atoms with Crippen molar-refractivity contribution in [3.63, 3.8) is 0 Å². The van der Waals surface area contributed by atoms with Gasteiger partial charge in [-0.15, -0.1) is 0 Å².